The number of H-pyrrole nitrogens is 1. The van der Waals surface area contributed by atoms with E-state index in [9.17, 15) is 9.59 Å². The van der Waals surface area contributed by atoms with Crippen molar-refractivity contribution >= 4 is 45.4 Å². The number of benzene rings is 2. The van der Waals surface area contributed by atoms with E-state index in [1.807, 2.05) is 48.5 Å². The van der Waals surface area contributed by atoms with E-state index in [0.717, 1.165) is 16.0 Å². The number of thioether (sulfide) groups is 1. The Morgan fingerprint density at radius 3 is 2.73 bits per heavy atom. The zero-order valence-electron chi connectivity index (χ0n) is 13.9. The molecule has 0 unspecified atom stereocenters. The van der Waals surface area contributed by atoms with Gasteiger partial charge in [-0.1, -0.05) is 12.1 Å². The van der Waals surface area contributed by atoms with Crippen molar-refractivity contribution in [3.05, 3.63) is 64.7 Å². The maximum absolute atomic E-state index is 12.3. The summed E-state index contributed by atoms with van der Waals surface area (Å²) in [6.45, 7) is 1.47. The van der Waals surface area contributed by atoms with Crippen molar-refractivity contribution in [2.24, 2.45) is 0 Å². The Balaban J connectivity index is 1.58. The quantitative estimate of drug-likeness (QED) is 0.535. The van der Waals surface area contributed by atoms with Crippen LogP contribution in [-0.2, 0) is 10.5 Å². The van der Waals surface area contributed by atoms with Crippen molar-refractivity contribution < 1.29 is 9.21 Å². The lowest BCUT2D eigenvalue weighted by atomic mass is 10.2. The first-order chi connectivity index (χ1) is 12.6. The maximum atomic E-state index is 12.3. The molecule has 6 nitrogen and oxygen atoms in total. The third-order valence-corrected chi connectivity index (χ3v) is 4.85. The zero-order valence-corrected chi connectivity index (χ0v) is 14.7. The van der Waals surface area contributed by atoms with E-state index in [0.29, 0.717) is 22.7 Å². The Bertz CT molecular complexity index is 1160. The fourth-order valence-electron chi connectivity index (χ4n) is 2.71. The summed E-state index contributed by atoms with van der Waals surface area (Å²) in [5, 5.41) is 3.56. The number of amides is 1. The van der Waals surface area contributed by atoms with Crippen LogP contribution in [-0.4, -0.2) is 15.9 Å². The van der Waals surface area contributed by atoms with Crippen LogP contribution < -0.4 is 10.9 Å². The van der Waals surface area contributed by atoms with Crippen LogP contribution in [0, 0.1) is 0 Å². The van der Waals surface area contributed by atoms with Gasteiger partial charge in [0.05, 0.1) is 5.75 Å². The second-order valence-electron chi connectivity index (χ2n) is 5.78. The van der Waals surface area contributed by atoms with E-state index in [1.54, 1.807) is 11.8 Å². The molecule has 4 aromatic rings. The Hall–Kier alpha value is -3.06. The molecule has 4 rings (SSSR count). The maximum Gasteiger partial charge on any atom is 0.294 e. The molecule has 7 heteroatoms. The van der Waals surface area contributed by atoms with E-state index in [-0.39, 0.29) is 17.0 Å². The number of aromatic amines is 1. The molecule has 26 heavy (non-hydrogen) atoms. The van der Waals surface area contributed by atoms with Gasteiger partial charge in [0.15, 0.2) is 0 Å². The summed E-state index contributed by atoms with van der Waals surface area (Å²) in [6, 6.07) is 15.0. The first-order valence-electron chi connectivity index (χ1n) is 8.01. The fourth-order valence-corrected chi connectivity index (χ4v) is 3.47. The highest BCUT2D eigenvalue weighted by Gasteiger charge is 2.13. The smallest absolute Gasteiger partial charge is 0.294 e. The number of rotatable bonds is 4. The van der Waals surface area contributed by atoms with Crippen molar-refractivity contribution in [1.29, 1.82) is 0 Å². The molecule has 0 aliphatic rings. The Labute approximate surface area is 152 Å². The van der Waals surface area contributed by atoms with Crippen molar-refractivity contribution in [3.63, 3.8) is 0 Å². The zero-order chi connectivity index (χ0) is 18.1. The van der Waals surface area contributed by atoms with Crippen LogP contribution >= 0.6 is 11.8 Å². The molecule has 0 radical (unpaired) electrons. The predicted octanol–water partition coefficient (Wildman–Crippen LogP) is 3.92. The number of aromatic nitrogens is 2. The topological polar surface area (TPSA) is 88.0 Å². The first-order valence-corrected chi connectivity index (χ1v) is 8.99. The highest BCUT2D eigenvalue weighted by atomic mass is 32.2. The molecule has 2 heterocycles. The average Bonchev–Trinajstić information content (AvgIpc) is 3.00. The van der Waals surface area contributed by atoms with Crippen LogP contribution in [0.25, 0.3) is 22.1 Å². The molecule has 0 atom stereocenters. The Morgan fingerprint density at radius 2 is 1.96 bits per heavy atom. The van der Waals surface area contributed by atoms with E-state index < -0.39 is 0 Å². The van der Waals surface area contributed by atoms with Gasteiger partial charge < -0.3 is 14.7 Å². The minimum atomic E-state index is -0.275. The Morgan fingerprint density at radius 1 is 1.19 bits per heavy atom. The normalized spacial score (nSPS) is 11.1. The van der Waals surface area contributed by atoms with Crippen molar-refractivity contribution in [1.82, 2.24) is 9.97 Å². The summed E-state index contributed by atoms with van der Waals surface area (Å²) in [6.07, 6.45) is 0. The van der Waals surface area contributed by atoms with Crippen LogP contribution in [0.15, 0.2) is 62.6 Å². The van der Waals surface area contributed by atoms with Gasteiger partial charge in [0.2, 0.25) is 11.5 Å². The van der Waals surface area contributed by atoms with Crippen LogP contribution in [0.2, 0.25) is 0 Å². The molecule has 0 fully saturated rings. The third-order valence-electron chi connectivity index (χ3n) is 3.83. The largest absolute Gasteiger partial charge is 0.449 e. The molecule has 0 saturated carbocycles. The summed E-state index contributed by atoms with van der Waals surface area (Å²) < 4.78 is 5.60. The van der Waals surface area contributed by atoms with E-state index in [2.05, 4.69) is 15.3 Å². The fraction of sp³-hybridized carbons (Fsp3) is 0.105. The number of fused-ring (bicyclic) bond motifs is 3. The number of hydrogen-bond acceptors (Lipinski definition) is 5. The van der Waals surface area contributed by atoms with Crippen molar-refractivity contribution in [2.75, 3.05) is 5.32 Å². The lowest BCUT2D eigenvalue weighted by Crippen LogP contribution is -2.10. The Kier molecular flexibility index (Phi) is 4.22. The molecule has 0 bridgehead atoms. The molecule has 0 aliphatic heterocycles. The van der Waals surface area contributed by atoms with E-state index >= 15 is 0 Å². The molecule has 0 aliphatic carbocycles. The number of nitrogens with zero attached hydrogens (tertiary/aromatic N) is 1. The lowest BCUT2D eigenvalue weighted by Gasteiger charge is -2.04. The SMILES string of the molecule is CC(=O)Nc1ccc(SCc2nc3c(oc4ccccc43)c(=O)[nH]2)cc1. The monoisotopic (exact) mass is 365 g/mol. The summed E-state index contributed by atoms with van der Waals surface area (Å²) in [7, 11) is 0. The number of nitrogens with one attached hydrogen (secondary N) is 2. The molecule has 2 aromatic heterocycles. The van der Waals surface area contributed by atoms with Crippen LogP contribution in [0.4, 0.5) is 5.69 Å². The predicted molar refractivity (Wildman–Crippen MR) is 102 cm³/mol. The summed E-state index contributed by atoms with van der Waals surface area (Å²) in [5.41, 5.74) is 1.96. The minimum Gasteiger partial charge on any atom is -0.449 e. The summed E-state index contributed by atoms with van der Waals surface area (Å²) in [4.78, 5) is 31.7. The van der Waals surface area contributed by atoms with Gasteiger partial charge in [0, 0.05) is 22.9 Å². The summed E-state index contributed by atoms with van der Waals surface area (Å²) in [5.74, 6) is 1.00. The molecule has 1 amide bonds. The second-order valence-corrected chi connectivity index (χ2v) is 6.83. The highest BCUT2D eigenvalue weighted by Crippen LogP contribution is 2.26. The molecular weight excluding hydrogens is 350 g/mol. The van der Waals surface area contributed by atoms with Gasteiger partial charge in [0.1, 0.15) is 16.9 Å². The summed E-state index contributed by atoms with van der Waals surface area (Å²) >= 11 is 1.55. The van der Waals surface area contributed by atoms with Crippen molar-refractivity contribution in [2.45, 2.75) is 17.6 Å². The highest BCUT2D eigenvalue weighted by molar-refractivity contribution is 7.98. The van der Waals surface area contributed by atoms with Crippen molar-refractivity contribution in [3.8, 4) is 0 Å². The minimum absolute atomic E-state index is 0.104. The van der Waals surface area contributed by atoms with Crippen LogP contribution in [0.3, 0.4) is 0 Å². The number of anilines is 1. The van der Waals surface area contributed by atoms with Gasteiger partial charge in [-0.3, -0.25) is 9.59 Å². The average molecular weight is 365 g/mol. The number of carbonyl (C=O) groups is 1. The second kappa shape index (κ2) is 6.68. The van der Waals surface area contributed by atoms with E-state index in [1.165, 1.54) is 6.92 Å². The molecule has 2 aromatic carbocycles. The molecule has 130 valence electrons. The number of hydrogen-bond donors (Lipinski definition) is 2. The van der Waals surface area contributed by atoms with Crippen LogP contribution in [0.5, 0.6) is 0 Å². The molecule has 0 saturated heterocycles. The number of furan rings is 1. The van der Waals surface area contributed by atoms with Gasteiger partial charge in [-0.2, -0.15) is 0 Å². The van der Waals surface area contributed by atoms with Gasteiger partial charge >= 0.3 is 0 Å². The third kappa shape index (κ3) is 3.21. The van der Waals surface area contributed by atoms with Gasteiger partial charge in [0.25, 0.3) is 5.56 Å². The van der Waals surface area contributed by atoms with E-state index in [4.69, 9.17) is 4.42 Å². The molecular formula is C19H15N3O3S. The van der Waals surface area contributed by atoms with Gasteiger partial charge in [-0.15, -0.1) is 11.8 Å². The first kappa shape index (κ1) is 16.4. The molecule has 2 N–H and O–H groups in total. The number of para-hydroxylation sites is 1. The van der Waals surface area contributed by atoms with Gasteiger partial charge in [-0.05, 0) is 36.4 Å². The standard InChI is InChI=1S/C19H15N3O3S/c1-11(23)20-12-6-8-13(9-7-12)26-10-16-21-17-14-4-2-3-5-15(14)25-18(17)19(24)22-16/h2-9H,10H2,1H3,(H,20,23)(H,21,22,24). The van der Waals surface area contributed by atoms with Gasteiger partial charge in [-0.25, -0.2) is 4.98 Å². The number of carbonyl (C=O) groups excluding carboxylic acids is 1. The van der Waals surface area contributed by atoms with Crippen LogP contribution in [0.1, 0.15) is 12.7 Å². The molecule has 0 spiro atoms. The lowest BCUT2D eigenvalue weighted by molar-refractivity contribution is -0.114.